The van der Waals surface area contributed by atoms with Gasteiger partial charge in [-0.25, -0.2) is 0 Å². The number of hydrogen-bond donors (Lipinski definition) is 1. The van der Waals surface area contributed by atoms with E-state index in [1.165, 1.54) is 12.8 Å². The average Bonchev–Trinajstić information content (AvgIpc) is 2.12. The van der Waals surface area contributed by atoms with Crippen LogP contribution in [0.2, 0.25) is 0 Å². The van der Waals surface area contributed by atoms with E-state index in [0.29, 0.717) is 5.54 Å². The Balaban J connectivity index is 2.04. The summed E-state index contributed by atoms with van der Waals surface area (Å²) in [6.45, 7) is 5.25. The van der Waals surface area contributed by atoms with Gasteiger partial charge in [0, 0.05) is 26.2 Å². The number of rotatable bonds is 0. The molecule has 2 saturated heterocycles. The zero-order valence-electron chi connectivity index (χ0n) is 7.81. The van der Waals surface area contributed by atoms with E-state index in [2.05, 4.69) is 17.3 Å². The molecule has 1 N–H and O–H groups in total. The predicted octanol–water partition coefficient (Wildman–Crippen LogP) is 0.0706. The van der Waals surface area contributed by atoms with Crippen molar-refractivity contribution in [3.8, 4) is 0 Å². The van der Waals surface area contributed by atoms with Crippen LogP contribution in [0.15, 0.2) is 0 Å². The first kappa shape index (κ1) is 8.48. The van der Waals surface area contributed by atoms with Crippen LogP contribution in [0.25, 0.3) is 0 Å². The highest BCUT2D eigenvalue weighted by Crippen LogP contribution is 2.25. The van der Waals surface area contributed by atoms with E-state index in [9.17, 15) is 0 Å². The van der Waals surface area contributed by atoms with Crippen LogP contribution in [0.3, 0.4) is 0 Å². The maximum Gasteiger partial charge on any atom is 0.0662 e. The van der Waals surface area contributed by atoms with Gasteiger partial charge < -0.3 is 10.1 Å². The van der Waals surface area contributed by atoms with Crippen molar-refractivity contribution in [1.29, 1.82) is 0 Å². The molecule has 2 aliphatic heterocycles. The van der Waals surface area contributed by atoms with Gasteiger partial charge in [-0.1, -0.05) is 0 Å². The van der Waals surface area contributed by atoms with Gasteiger partial charge in [0.15, 0.2) is 0 Å². The number of nitrogens with one attached hydrogen (secondary N) is 1. The van der Waals surface area contributed by atoms with Gasteiger partial charge in [-0.15, -0.1) is 0 Å². The van der Waals surface area contributed by atoms with Crippen LogP contribution >= 0.6 is 0 Å². The Bertz CT molecular complexity index is 146. The Labute approximate surface area is 74.1 Å². The summed E-state index contributed by atoms with van der Waals surface area (Å²) in [6.07, 6.45) is 2.50. The van der Waals surface area contributed by atoms with E-state index in [1.54, 1.807) is 0 Å². The van der Waals surface area contributed by atoms with Crippen molar-refractivity contribution in [2.45, 2.75) is 18.4 Å². The van der Waals surface area contributed by atoms with Crippen molar-refractivity contribution in [2.75, 3.05) is 39.9 Å². The SMILES string of the molecule is CN1CCNCC12CCCOC2. The van der Waals surface area contributed by atoms with E-state index in [4.69, 9.17) is 4.74 Å². The summed E-state index contributed by atoms with van der Waals surface area (Å²) in [5, 5.41) is 3.45. The fourth-order valence-corrected chi connectivity index (χ4v) is 2.22. The van der Waals surface area contributed by atoms with Crippen LogP contribution in [0, 0.1) is 0 Å². The lowest BCUT2D eigenvalue weighted by Crippen LogP contribution is -2.63. The van der Waals surface area contributed by atoms with Gasteiger partial charge in [0.1, 0.15) is 0 Å². The lowest BCUT2D eigenvalue weighted by molar-refractivity contribution is -0.0490. The summed E-state index contributed by atoms with van der Waals surface area (Å²) in [5.41, 5.74) is 0.316. The minimum atomic E-state index is 0.316. The molecule has 0 aromatic carbocycles. The number of likely N-dealkylation sites (N-methyl/N-ethyl adjacent to an activating group) is 1. The van der Waals surface area contributed by atoms with Gasteiger partial charge in [-0.05, 0) is 19.9 Å². The molecule has 2 aliphatic rings. The first-order chi connectivity index (χ1) is 5.83. The van der Waals surface area contributed by atoms with Gasteiger partial charge in [0.25, 0.3) is 0 Å². The Morgan fingerprint density at radius 3 is 3.08 bits per heavy atom. The normalized spacial score (nSPS) is 38.8. The molecular weight excluding hydrogens is 152 g/mol. The fraction of sp³-hybridized carbons (Fsp3) is 1.00. The molecule has 2 rings (SSSR count). The Morgan fingerprint density at radius 1 is 1.50 bits per heavy atom. The largest absolute Gasteiger partial charge is 0.379 e. The number of hydrogen-bond acceptors (Lipinski definition) is 3. The lowest BCUT2D eigenvalue weighted by Gasteiger charge is -2.47. The Morgan fingerprint density at radius 2 is 2.42 bits per heavy atom. The zero-order valence-corrected chi connectivity index (χ0v) is 7.81. The highest BCUT2D eigenvalue weighted by Gasteiger charge is 2.38. The molecule has 2 heterocycles. The number of ether oxygens (including phenoxy) is 1. The third-order valence-corrected chi connectivity index (χ3v) is 3.19. The molecule has 0 bridgehead atoms. The van der Waals surface area contributed by atoms with Crippen LogP contribution in [0.1, 0.15) is 12.8 Å². The summed E-state index contributed by atoms with van der Waals surface area (Å²) >= 11 is 0. The van der Waals surface area contributed by atoms with E-state index < -0.39 is 0 Å². The van der Waals surface area contributed by atoms with E-state index in [1.807, 2.05) is 0 Å². The Kier molecular flexibility index (Phi) is 2.35. The van der Waals surface area contributed by atoms with E-state index in [0.717, 1.165) is 32.8 Å². The molecule has 0 saturated carbocycles. The zero-order chi connectivity index (χ0) is 8.44. The average molecular weight is 170 g/mol. The molecule has 3 nitrogen and oxygen atoms in total. The van der Waals surface area contributed by atoms with Gasteiger partial charge >= 0.3 is 0 Å². The quantitative estimate of drug-likeness (QED) is 0.557. The predicted molar refractivity (Wildman–Crippen MR) is 48.3 cm³/mol. The molecule has 1 spiro atoms. The maximum atomic E-state index is 5.55. The number of nitrogens with zero attached hydrogens (tertiary/aromatic N) is 1. The minimum absolute atomic E-state index is 0.316. The maximum absolute atomic E-state index is 5.55. The van der Waals surface area contributed by atoms with Crippen molar-refractivity contribution in [3.05, 3.63) is 0 Å². The third-order valence-electron chi connectivity index (χ3n) is 3.19. The van der Waals surface area contributed by atoms with Gasteiger partial charge in [0.05, 0.1) is 12.1 Å². The molecule has 3 heteroatoms. The van der Waals surface area contributed by atoms with Crippen LogP contribution < -0.4 is 5.32 Å². The monoisotopic (exact) mass is 170 g/mol. The summed E-state index contributed by atoms with van der Waals surface area (Å²) in [7, 11) is 2.22. The van der Waals surface area contributed by atoms with Gasteiger partial charge in [-0.3, -0.25) is 4.90 Å². The highest BCUT2D eigenvalue weighted by molar-refractivity contribution is 4.96. The van der Waals surface area contributed by atoms with Crippen LogP contribution in [-0.4, -0.2) is 50.3 Å². The molecule has 0 amide bonds. The lowest BCUT2D eigenvalue weighted by atomic mass is 9.89. The second-order valence-corrected chi connectivity index (χ2v) is 3.98. The van der Waals surface area contributed by atoms with Crippen LogP contribution in [0.4, 0.5) is 0 Å². The molecule has 0 radical (unpaired) electrons. The van der Waals surface area contributed by atoms with Crippen molar-refractivity contribution < 1.29 is 4.74 Å². The molecular formula is C9H18N2O. The van der Waals surface area contributed by atoms with Crippen molar-refractivity contribution >= 4 is 0 Å². The molecule has 70 valence electrons. The minimum Gasteiger partial charge on any atom is -0.379 e. The second kappa shape index (κ2) is 3.32. The molecule has 2 fully saturated rings. The summed E-state index contributed by atoms with van der Waals surface area (Å²) in [5.74, 6) is 0. The molecule has 1 unspecified atom stereocenters. The van der Waals surface area contributed by atoms with Gasteiger partial charge in [0.2, 0.25) is 0 Å². The van der Waals surface area contributed by atoms with Crippen molar-refractivity contribution in [2.24, 2.45) is 0 Å². The standard InChI is InChI=1S/C9H18N2O/c1-11-5-4-10-7-9(11)3-2-6-12-8-9/h10H,2-8H2,1H3. The van der Waals surface area contributed by atoms with Gasteiger partial charge in [-0.2, -0.15) is 0 Å². The summed E-state index contributed by atoms with van der Waals surface area (Å²) in [6, 6.07) is 0. The van der Waals surface area contributed by atoms with Crippen LogP contribution in [0.5, 0.6) is 0 Å². The first-order valence-corrected chi connectivity index (χ1v) is 4.83. The van der Waals surface area contributed by atoms with Crippen molar-refractivity contribution in [1.82, 2.24) is 10.2 Å². The molecule has 1 atom stereocenters. The van der Waals surface area contributed by atoms with E-state index >= 15 is 0 Å². The smallest absolute Gasteiger partial charge is 0.0662 e. The fourth-order valence-electron chi connectivity index (χ4n) is 2.22. The Hall–Kier alpha value is -0.120. The van der Waals surface area contributed by atoms with Crippen LogP contribution in [-0.2, 0) is 4.74 Å². The molecule has 12 heavy (non-hydrogen) atoms. The number of piperazine rings is 1. The highest BCUT2D eigenvalue weighted by atomic mass is 16.5. The van der Waals surface area contributed by atoms with Crippen molar-refractivity contribution in [3.63, 3.8) is 0 Å². The summed E-state index contributed by atoms with van der Waals surface area (Å²) < 4.78 is 5.55. The molecule has 0 aromatic rings. The molecule has 0 aromatic heterocycles. The molecule has 0 aliphatic carbocycles. The second-order valence-electron chi connectivity index (χ2n) is 3.98. The third kappa shape index (κ3) is 1.37. The first-order valence-electron chi connectivity index (χ1n) is 4.83. The summed E-state index contributed by atoms with van der Waals surface area (Å²) in [4.78, 5) is 2.46. The van der Waals surface area contributed by atoms with E-state index in [-0.39, 0.29) is 0 Å². The topological polar surface area (TPSA) is 24.5 Å².